The molecule has 7 nitrogen and oxygen atoms in total. The lowest BCUT2D eigenvalue weighted by atomic mass is 10.3. The van der Waals surface area contributed by atoms with Gasteiger partial charge in [-0.05, 0) is 26.2 Å². The molecule has 110 valence electrons. The highest BCUT2D eigenvalue weighted by Crippen LogP contribution is 2.28. The van der Waals surface area contributed by atoms with Gasteiger partial charge in [-0.3, -0.25) is 10.1 Å². The Bertz CT molecular complexity index is 477. The minimum atomic E-state index is -0.512. The Labute approximate surface area is 118 Å². The van der Waals surface area contributed by atoms with Gasteiger partial charge < -0.3 is 10.1 Å². The Kier molecular flexibility index (Phi) is 6.42. The highest BCUT2D eigenvalue weighted by atomic mass is 16.6. The number of aromatic nitrogens is 2. The maximum atomic E-state index is 11.1. The van der Waals surface area contributed by atoms with Gasteiger partial charge in [0.25, 0.3) is 5.88 Å². The van der Waals surface area contributed by atoms with Crippen LogP contribution in [0.2, 0.25) is 0 Å². The summed E-state index contributed by atoms with van der Waals surface area (Å²) in [4.78, 5) is 18.7. The number of nitro groups is 1. The number of hydrogen-bond donors (Lipinski definition) is 1. The zero-order valence-corrected chi connectivity index (χ0v) is 11.9. The normalized spacial score (nSPS) is 10.1. The van der Waals surface area contributed by atoms with Gasteiger partial charge in [-0.15, -0.1) is 6.58 Å². The molecule has 1 aromatic heterocycles. The van der Waals surface area contributed by atoms with Crippen LogP contribution in [-0.2, 0) is 0 Å². The van der Waals surface area contributed by atoms with E-state index in [-0.39, 0.29) is 11.6 Å². The molecule has 1 N–H and O–H groups in total. The number of hydrogen-bond acceptors (Lipinski definition) is 6. The fourth-order valence-corrected chi connectivity index (χ4v) is 1.56. The van der Waals surface area contributed by atoms with Crippen LogP contribution in [0.1, 0.15) is 31.9 Å². The molecule has 0 aliphatic rings. The van der Waals surface area contributed by atoms with Crippen LogP contribution in [0.15, 0.2) is 12.7 Å². The van der Waals surface area contributed by atoms with E-state index in [0.29, 0.717) is 24.8 Å². The van der Waals surface area contributed by atoms with Crippen LogP contribution in [0.3, 0.4) is 0 Å². The SMILES string of the molecule is C=CCCCOc1nc(NCCC)nc(C)c1[N+](=O)[O-]. The summed E-state index contributed by atoms with van der Waals surface area (Å²) in [7, 11) is 0. The summed E-state index contributed by atoms with van der Waals surface area (Å²) in [5, 5.41) is 14.1. The smallest absolute Gasteiger partial charge is 0.352 e. The van der Waals surface area contributed by atoms with E-state index < -0.39 is 4.92 Å². The second-order valence-electron chi connectivity index (χ2n) is 4.25. The summed E-state index contributed by atoms with van der Waals surface area (Å²) in [6, 6.07) is 0. The lowest BCUT2D eigenvalue weighted by Crippen LogP contribution is -2.10. The third-order valence-electron chi connectivity index (χ3n) is 2.53. The van der Waals surface area contributed by atoms with Crippen molar-refractivity contribution in [3.63, 3.8) is 0 Å². The summed E-state index contributed by atoms with van der Waals surface area (Å²) >= 11 is 0. The number of allylic oxidation sites excluding steroid dienone is 1. The molecular formula is C13H20N4O3. The van der Waals surface area contributed by atoms with Gasteiger partial charge in [0.2, 0.25) is 5.95 Å². The van der Waals surface area contributed by atoms with Crippen molar-refractivity contribution >= 4 is 11.6 Å². The van der Waals surface area contributed by atoms with Crippen molar-refractivity contribution in [2.24, 2.45) is 0 Å². The molecule has 0 aliphatic heterocycles. The lowest BCUT2D eigenvalue weighted by Gasteiger charge is -2.09. The highest BCUT2D eigenvalue weighted by Gasteiger charge is 2.23. The molecule has 0 saturated carbocycles. The Hall–Kier alpha value is -2.18. The minimum absolute atomic E-state index is 0.0187. The first-order valence-electron chi connectivity index (χ1n) is 6.60. The van der Waals surface area contributed by atoms with Crippen LogP contribution in [0.25, 0.3) is 0 Å². The second kappa shape index (κ2) is 8.08. The van der Waals surface area contributed by atoms with E-state index in [1.807, 2.05) is 6.92 Å². The first-order valence-corrected chi connectivity index (χ1v) is 6.60. The molecule has 0 saturated heterocycles. The second-order valence-corrected chi connectivity index (χ2v) is 4.25. The Morgan fingerprint density at radius 3 is 2.85 bits per heavy atom. The predicted octanol–water partition coefficient (Wildman–Crippen LogP) is 2.86. The van der Waals surface area contributed by atoms with E-state index in [0.717, 1.165) is 19.3 Å². The number of unbranched alkanes of at least 4 members (excludes halogenated alkanes) is 1. The number of aryl methyl sites for hydroxylation is 1. The molecule has 0 spiro atoms. The maximum Gasteiger partial charge on any atom is 0.352 e. The number of ether oxygens (including phenoxy) is 1. The van der Waals surface area contributed by atoms with E-state index in [1.165, 1.54) is 0 Å². The largest absolute Gasteiger partial charge is 0.473 e. The fourth-order valence-electron chi connectivity index (χ4n) is 1.56. The van der Waals surface area contributed by atoms with Crippen molar-refractivity contribution in [3.05, 3.63) is 28.5 Å². The first kappa shape index (κ1) is 15.9. The molecule has 1 aromatic rings. The molecule has 20 heavy (non-hydrogen) atoms. The van der Waals surface area contributed by atoms with Crippen LogP contribution < -0.4 is 10.1 Å². The molecule has 1 rings (SSSR count). The molecule has 7 heteroatoms. The molecule has 0 aliphatic carbocycles. The van der Waals surface area contributed by atoms with Gasteiger partial charge in [-0.25, -0.2) is 4.98 Å². The molecule has 0 amide bonds. The van der Waals surface area contributed by atoms with Gasteiger partial charge >= 0.3 is 5.69 Å². The van der Waals surface area contributed by atoms with Crippen LogP contribution >= 0.6 is 0 Å². The molecule has 0 aromatic carbocycles. The molecule has 0 unspecified atom stereocenters. The Morgan fingerprint density at radius 1 is 1.50 bits per heavy atom. The fraction of sp³-hybridized carbons (Fsp3) is 0.538. The van der Waals surface area contributed by atoms with Crippen molar-refractivity contribution in [1.29, 1.82) is 0 Å². The van der Waals surface area contributed by atoms with E-state index in [2.05, 4.69) is 21.9 Å². The summed E-state index contributed by atoms with van der Waals surface area (Å²) in [6.45, 7) is 8.26. The van der Waals surface area contributed by atoms with E-state index >= 15 is 0 Å². The molecule has 0 bridgehead atoms. The standard InChI is InChI=1S/C13H20N4O3/c1-4-6-7-9-20-12-11(17(18)19)10(3)15-13(16-12)14-8-5-2/h4H,1,5-9H2,2-3H3,(H,14,15,16). The van der Waals surface area contributed by atoms with E-state index in [1.54, 1.807) is 13.0 Å². The predicted molar refractivity (Wildman–Crippen MR) is 77.1 cm³/mol. The maximum absolute atomic E-state index is 11.1. The van der Waals surface area contributed by atoms with Crippen molar-refractivity contribution in [2.75, 3.05) is 18.5 Å². The van der Waals surface area contributed by atoms with Crippen molar-refractivity contribution in [2.45, 2.75) is 33.1 Å². The average molecular weight is 280 g/mol. The van der Waals surface area contributed by atoms with Crippen molar-refractivity contribution in [3.8, 4) is 5.88 Å². The van der Waals surface area contributed by atoms with Crippen LogP contribution in [0.5, 0.6) is 5.88 Å². The monoisotopic (exact) mass is 280 g/mol. The molecule has 1 heterocycles. The first-order chi connectivity index (χ1) is 9.60. The molecular weight excluding hydrogens is 260 g/mol. The summed E-state index contributed by atoms with van der Waals surface area (Å²) in [6.07, 6.45) is 4.21. The number of rotatable bonds is 9. The number of nitrogens with zero attached hydrogens (tertiary/aromatic N) is 3. The Balaban J connectivity index is 2.92. The number of anilines is 1. The molecule has 0 atom stereocenters. The minimum Gasteiger partial charge on any atom is -0.473 e. The van der Waals surface area contributed by atoms with Gasteiger partial charge in [-0.1, -0.05) is 13.0 Å². The zero-order valence-electron chi connectivity index (χ0n) is 11.9. The zero-order chi connectivity index (χ0) is 15.0. The summed E-state index contributed by atoms with van der Waals surface area (Å²) in [5.74, 6) is 0.374. The van der Waals surface area contributed by atoms with Crippen LogP contribution in [0, 0.1) is 17.0 Å². The van der Waals surface area contributed by atoms with Crippen LogP contribution in [0.4, 0.5) is 11.6 Å². The van der Waals surface area contributed by atoms with Crippen LogP contribution in [-0.4, -0.2) is 28.0 Å². The average Bonchev–Trinajstić information content (AvgIpc) is 2.40. The topological polar surface area (TPSA) is 90.2 Å². The van der Waals surface area contributed by atoms with Crippen molar-refractivity contribution in [1.82, 2.24) is 9.97 Å². The van der Waals surface area contributed by atoms with E-state index in [4.69, 9.17) is 4.74 Å². The van der Waals surface area contributed by atoms with Gasteiger partial charge in [-0.2, -0.15) is 4.98 Å². The summed E-state index contributed by atoms with van der Waals surface area (Å²) in [5.41, 5.74) is 0.118. The highest BCUT2D eigenvalue weighted by molar-refractivity contribution is 5.48. The third kappa shape index (κ3) is 4.49. The Morgan fingerprint density at radius 2 is 2.25 bits per heavy atom. The van der Waals surface area contributed by atoms with Crippen molar-refractivity contribution < 1.29 is 9.66 Å². The third-order valence-corrected chi connectivity index (χ3v) is 2.53. The molecule has 0 fully saturated rings. The van der Waals surface area contributed by atoms with Gasteiger partial charge in [0.1, 0.15) is 5.69 Å². The number of nitrogens with one attached hydrogen (secondary N) is 1. The molecule has 0 radical (unpaired) electrons. The van der Waals surface area contributed by atoms with Gasteiger partial charge in [0.05, 0.1) is 11.5 Å². The van der Waals surface area contributed by atoms with Gasteiger partial charge in [0, 0.05) is 6.54 Å². The van der Waals surface area contributed by atoms with E-state index in [9.17, 15) is 10.1 Å². The summed E-state index contributed by atoms with van der Waals surface area (Å²) < 4.78 is 5.42. The lowest BCUT2D eigenvalue weighted by molar-refractivity contribution is -0.387. The quantitative estimate of drug-likeness (QED) is 0.324. The van der Waals surface area contributed by atoms with Gasteiger partial charge in [0.15, 0.2) is 0 Å².